The number of hydrogen-bond acceptors (Lipinski definition) is 5. The summed E-state index contributed by atoms with van der Waals surface area (Å²) in [6, 6.07) is 7.25. The summed E-state index contributed by atoms with van der Waals surface area (Å²) >= 11 is 0. The minimum atomic E-state index is -4.36. The van der Waals surface area contributed by atoms with Crippen LogP contribution in [0.1, 0.15) is 37.7 Å². The van der Waals surface area contributed by atoms with Gasteiger partial charge in [-0.05, 0) is 80.0 Å². The average molecular weight is 476 g/mol. The molecule has 5 fully saturated rings. The molecule has 34 heavy (non-hydrogen) atoms. The largest absolute Gasteiger partial charge is 0.416 e. The third-order valence-corrected chi connectivity index (χ3v) is 8.80. The Hall–Kier alpha value is -2.31. The second-order valence-corrected chi connectivity index (χ2v) is 10.9. The van der Waals surface area contributed by atoms with Gasteiger partial charge in [0.15, 0.2) is 0 Å². The molecule has 1 heterocycles. The van der Waals surface area contributed by atoms with E-state index in [1.54, 1.807) is 0 Å². The van der Waals surface area contributed by atoms with Crippen LogP contribution in [0.5, 0.6) is 0 Å². The lowest BCUT2D eigenvalue weighted by Crippen LogP contribution is -2.62. The molecule has 4 N–H and O–H groups in total. The molecule has 0 aromatic heterocycles. The van der Waals surface area contributed by atoms with Crippen molar-refractivity contribution in [2.24, 2.45) is 35.3 Å². The summed E-state index contributed by atoms with van der Waals surface area (Å²) in [6.45, 7) is 2.34. The Balaban J connectivity index is 1.29. The fourth-order valence-electron chi connectivity index (χ4n) is 7.71. The highest BCUT2D eigenvalue weighted by Gasteiger charge is 2.58. The molecule has 1 aromatic carbocycles. The first kappa shape index (κ1) is 23.4. The summed E-state index contributed by atoms with van der Waals surface area (Å²) in [4.78, 5) is 4.14. The number of nitrogens with zero attached hydrogens (tertiary/aromatic N) is 3. The first-order valence-corrected chi connectivity index (χ1v) is 12.2. The summed E-state index contributed by atoms with van der Waals surface area (Å²) in [5, 5.41) is 29.5. The Morgan fingerprint density at radius 2 is 1.68 bits per heavy atom. The Morgan fingerprint density at radius 1 is 1.09 bits per heavy atom. The van der Waals surface area contributed by atoms with E-state index in [1.165, 1.54) is 12.1 Å². The number of anilines is 1. The Bertz CT molecular complexity index is 950. The number of rotatable bonds is 5. The molecule has 1 aliphatic heterocycles. The number of nitriles is 1. The van der Waals surface area contributed by atoms with Crippen LogP contribution in [0.15, 0.2) is 24.3 Å². The molecule has 4 saturated carbocycles. The van der Waals surface area contributed by atoms with Crippen molar-refractivity contribution in [3.63, 3.8) is 0 Å². The van der Waals surface area contributed by atoms with E-state index < -0.39 is 29.3 Å². The van der Waals surface area contributed by atoms with Gasteiger partial charge in [-0.2, -0.15) is 18.4 Å². The maximum atomic E-state index is 12.9. The SMILES string of the molecule is N#CC(C1C2CC3CC1CC(O)(C3)C2)C(C(=N)N)N1CCN(c2ccc(C(F)(F)F)cc2)CC1. The van der Waals surface area contributed by atoms with Gasteiger partial charge in [-0.3, -0.25) is 10.3 Å². The second kappa shape index (κ2) is 8.42. The van der Waals surface area contributed by atoms with Gasteiger partial charge in [-0.25, -0.2) is 0 Å². The first-order chi connectivity index (χ1) is 16.1. The Kier molecular flexibility index (Phi) is 5.80. The number of amidine groups is 1. The van der Waals surface area contributed by atoms with E-state index in [1.807, 2.05) is 4.90 Å². The predicted molar refractivity (Wildman–Crippen MR) is 122 cm³/mol. The van der Waals surface area contributed by atoms with Gasteiger partial charge in [0.25, 0.3) is 0 Å². The maximum absolute atomic E-state index is 12.9. The van der Waals surface area contributed by atoms with Crippen molar-refractivity contribution in [1.82, 2.24) is 4.90 Å². The quantitative estimate of drug-likeness (QED) is 0.447. The second-order valence-electron chi connectivity index (χ2n) is 10.9. The maximum Gasteiger partial charge on any atom is 0.416 e. The van der Waals surface area contributed by atoms with Crippen LogP contribution in [0.2, 0.25) is 0 Å². The van der Waals surface area contributed by atoms with Crippen molar-refractivity contribution >= 4 is 11.5 Å². The molecule has 5 aliphatic rings. The number of halogens is 3. The molecular formula is C25H32F3N5O. The number of benzene rings is 1. The molecule has 1 aromatic rings. The average Bonchev–Trinajstić information content (AvgIpc) is 2.76. The van der Waals surface area contributed by atoms with Crippen molar-refractivity contribution in [3.8, 4) is 6.07 Å². The lowest BCUT2D eigenvalue weighted by atomic mass is 9.47. The summed E-state index contributed by atoms with van der Waals surface area (Å²) in [7, 11) is 0. The Labute approximate surface area is 198 Å². The van der Waals surface area contributed by atoms with E-state index in [0.29, 0.717) is 43.9 Å². The number of nitrogens with one attached hydrogen (secondary N) is 1. The van der Waals surface area contributed by atoms with Gasteiger partial charge in [0.05, 0.1) is 29.2 Å². The zero-order valence-electron chi connectivity index (χ0n) is 19.1. The van der Waals surface area contributed by atoms with E-state index in [-0.39, 0.29) is 11.8 Å². The number of nitrogens with two attached hydrogens (primary N) is 1. The van der Waals surface area contributed by atoms with Crippen molar-refractivity contribution in [1.29, 1.82) is 10.7 Å². The fraction of sp³-hybridized carbons (Fsp3) is 0.680. The van der Waals surface area contributed by atoms with Gasteiger partial charge in [-0.15, -0.1) is 0 Å². The molecule has 6 nitrogen and oxygen atoms in total. The van der Waals surface area contributed by atoms with Crippen LogP contribution >= 0.6 is 0 Å². The van der Waals surface area contributed by atoms with E-state index in [2.05, 4.69) is 11.0 Å². The molecular weight excluding hydrogens is 443 g/mol. The molecule has 9 heteroatoms. The van der Waals surface area contributed by atoms with Crippen molar-refractivity contribution < 1.29 is 18.3 Å². The van der Waals surface area contributed by atoms with E-state index in [9.17, 15) is 23.5 Å². The first-order valence-electron chi connectivity index (χ1n) is 12.2. The minimum absolute atomic E-state index is 0.00190. The summed E-state index contributed by atoms with van der Waals surface area (Å²) in [5.41, 5.74) is 5.58. The van der Waals surface area contributed by atoms with Gasteiger partial charge >= 0.3 is 6.18 Å². The molecule has 4 atom stereocenters. The fourth-order valence-corrected chi connectivity index (χ4v) is 7.71. The van der Waals surface area contributed by atoms with Crippen molar-refractivity contribution in [2.75, 3.05) is 31.1 Å². The topological polar surface area (TPSA) is 100 Å². The molecule has 0 amide bonds. The van der Waals surface area contributed by atoms with Gasteiger partial charge in [0.1, 0.15) is 5.84 Å². The van der Waals surface area contributed by atoms with Crippen LogP contribution < -0.4 is 10.6 Å². The molecule has 1 saturated heterocycles. The van der Waals surface area contributed by atoms with Gasteiger partial charge in [0, 0.05) is 31.9 Å². The molecule has 0 spiro atoms. The van der Waals surface area contributed by atoms with E-state index in [0.717, 1.165) is 49.9 Å². The summed E-state index contributed by atoms with van der Waals surface area (Å²) < 4.78 is 38.6. The summed E-state index contributed by atoms with van der Waals surface area (Å²) in [5.74, 6) is 0.896. The van der Waals surface area contributed by atoms with Gasteiger partial charge in [0.2, 0.25) is 0 Å². The molecule has 4 unspecified atom stereocenters. The number of alkyl halides is 3. The van der Waals surface area contributed by atoms with Gasteiger partial charge in [-0.1, -0.05) is 0 Å². The molecule has 4 bridgehead atoms. The van der Waals surface area contributed by atoms with Crippen LogP contribution in [-0.2, 0) is 6.18 Å². The van der Waals surface area contributed by atoms with Crippen LogP contribution in [0.4, 0.5) is 18.9 Å². The summed E-state index contributed by atoms with van der Waals surface area (Å²) in [6.07, 6.45) is 0.115. The zero-order chi connectivity index (χ0) is 24.3. The lowest BCUT2D eigenvalue weighted by molar-refractivity contribution is -0.161. The standard InChI is InChI=1S/C25H32F3N5O/c26-25(27,28)18-1-3-19(4-2-18)32-5-7-33(8-6-32)22(23(30)31)20(14-29)21-16-9-15-10-17(21)13-24(34,11-15)12-16/h1-4,15-17,20-22,34H,5-13H2,(H3,30,31). The van der Waals surface area contributed by atoms with E-state index >= 15 is 0 Å². The smallest absolute Gasteiger partial charge is 0.390 e. The number of hydrogen-bond donors (Lipinski definition) is 3. The van der Waals surface area contributed by atoms with Crippen molar-refractivity contribution in [2.45, 2.75) is 49.9 Å². The van der Waals surface area contributed by atoms with Crippen molar-refractivity contribution in [3.05, 3.63) is 29.8 Å². The third kappa shape index (κ3) is 4.16. The number of piperazine rings is 1. The monoisotopic (exact) mass is 475 g/mol. The number of aliphatic hydroxyl groups is 1. The zero-order valence-corrected chi connectivity index (χ0v) is 19.1. The predicted octanol–water partition coefficient (Wildman–Crippen LogP) is 3.46. The normalized spacial score (nSPS) is 35.1. The van der Waals surface area contributed by atoms with Crippen LogP contribution in [0.3, 0.4) is 0 Å². The molecule has 6 rings (SSSR count). The van der Waals surface area contributed by atoms with Gasteiger partial charge < -0.3 is 15.7 Å². The molecule has 0 radical (unpaired) electrons. The third-order valence-electron chi connectivity index (χ3n) is 8.80. The highest BCUT2D eigenvalue weighted by atomic mass is 19.4. The molecule has 184 valence electrons. The lowest BCUT2D eigenvalue weighted by Gasteiger charge is -2.60. The highest BCUT2D eigenvalue weighted by Crippen LogP contribution is 2.60. The van der Waals surface area contributed by atoms with Crippen LogP contribution in [0.25, 0.3) is 0 Å². The highest BCUT2D eigenvalue weighted by molar-refractivity contribution is 5.83. The Morgan fingerprint density at radius 3 is 2.15 bits per heavy atom. The minimum Gasteiger partial charge on any atom is -0.390 e. The molecule has 4 aliphatic carbocycles. The van der Waals surface area contributed by atoms with Crippen LogP contribution in [0, 0.1) is 46.3 Å². The van der Waals surface area contributed by atoms with E-state index in [4.69, 9.17) is 11.1 Å². The van der Waals surface area contributed by atoms with Crippen LogP contribution in [-0.4, -0.2) is 53.7 Å².